The summed E-state index contributed by atoms with van der Waals surface area (Å²) < 4.78 is 23.8. The normalized spacial score (nSPS) is 12.2. The van der Waals surface area contributed by atoms with Crippen LogP contribution in [0.4, 0.5) is 10.2 Å². The molecule has 1 aliphatic rings. The first-order chi connectivity index (χ1) is 11.8. The molecule has 1 aromatic carbocycles. The number of nitrogens with one attached hydrogen (secondary N) is 1. The number of ether oxygens (including phenoxy) is 2. The maximum absolute atomic E-state index is 13.1. The molecule has 0 unspecified atom stereocenters. The maximum atomic E-state index is 13.1. The minimum atomic E-state index is -0.363. The third kappa shape index (κ3) is 2.96. The Labute approximate surface area is 137 Å². The van der Waals surface area contributed by atoms with Crippen LogP contribution < -0.4 is 14.8 Å². The molecule has 0 fully saturated rings. The van der Waals surface area contributed by atoms with Gasteiger partial charge in [-0.05, 0) is 35.9 Å². The smallest absolute Gasteiger partial charge is 0.231 e. The van der Waals surface area contributed by atoms with Gasteiger partial charge < -0.3 is 14.8 Å². The Hall–Kier alpha value is -3.22. The Morgan fingerprint density at radius 1 is 1.08 bits per heavy atom. The van der Waals surface area contributed by atoms with Gasteiger partial charge in [-0.3, -0.25) is 4.98 Å². The maximum Gasteiger partial charge on any atom is 0.231 e. The Kier molecular flexibility index (Phi) is 3.66. The van der Waals surface area contributed by atoms with Crippen molar-refractivity contribution in [3.8, 4) is 22.9 Å². The van der Waals surface area contributed by atoms with Gasteiger partial charge in [0.2, 0.25) is 6.79 Å². The van der Waals surface area contributed by atoms with Crippen molar-refractivity contribution in [2.24, 2.45) is 0 Å². The molecule has 0 bridgehead atoms. The third-order valence-electron chi connectivity index (χ3n) is 3.52. The fourth-order valence-electron chi connectivity index (χ4n) is 2.38. The first kappa shape index (κ1) is 14.4. The number of fused-ring (bicyclic) bond motifs is 1. The summed E-state index contributed by atoms with van der Waals surface area (Å²) in [6.45, 7) is 0.644. The monoisotopic (exact) mass is 324 g/mol. The number of rotatable bonds is 4. The molecular weight excluding hydrogens is 311 g/mol. The molecule has 3 heterocycles. The number of nitrogens with zero attached hydrogens (tertiary/aromatic N) is 3. The van der Waals surface area contributed by atoms with E-state index in [0.717, 1.165) is 11.1 Å². The summed E-state index contributed by atoms with van der Waals surface area (Å²) in [6.07, 6.45) is 4.45. The summed E-state index contributed by atoms with van der Waals surface area (Å²) in [4.78, 5) is 12.6. The largest absolute Gasteiger partial charge is 0.454 e. The summed E-state index contributed by atoms with van der Waals surface area (Å²) in [5.41, 5.74) is 1.56. The third-order valence-corrected chi connectivity index (χ3v) is 3.52. The highest BCUT2D eigenvalue weighted by atomic mass is 19.1. The van der Waals surface area contributed by atoms with Crippen molar-refractivity contribution < 1.29 is 13.9 Å². The molecular formula is C17H13FN4O2. The standard InChI is InChI=1S/C17H13FN4O2/c18-13-5-11(7-19-9-13)8-21-16-3-4-20-17(22-16)12-1-2-14-15(6-12)24-10-23-14/h1-7,9H,8,10H2,(H,20,21,22). The van der Waals surface area contributed by atoms with Crippen LogP contribution >= 0.6 is 0 Å². The van der Waals surface area contributed by atoms with Crippen LogP contribution in [0.2, 0.25) is 0 Å². The molecule has 6 nitrogen and oxygen atoms in total. The van der Waals surface area contributed by atoms with E-state index in [1.807, 2.05) is 18.2 Å². The molecule has 0 atom stereocenters. The number of halogens is 1. The first-order valence-corrected chi connectivity index (χ1v) is 7.34. The van der Waals surface area contributed by atoms with E-state index < -0.39 is 0 Å². The second-order valence-electron chi connectivity index (χ2n) is 5.20. The van der Waals surface area contributed by atoms with Crippen LogP contribution in [0.1, 0.15) is 5.56 Å². The summed E-state index contributed by atoms with van der Waals surface area (Å²) >= 11 is 0. The highest BCUT2D eigenvalue weighted by Crippen LogP contribution is 2.35. The van der Waals surface area contributed by atoms with Crippen molar-refractivity contribution in [3.63, 3.8) is 0 Å². The van der Waals surface area contributed by atoms with E-state index in [1.54, 1.807) is 18.5 Å². The quantitative estimate of drug-likeness (QED) is 0.795. The molecule has 120 valence electrons. The molecule has 1 aliphatic heterocycles. The highest BCUT2D eigenvalue weighted by molar-refractivity contribution is 5.62. The lowest BCUT2D eigenvalue weighted by molar-refractivity contribution is 0.174. The number of anilines is 1. The number of hydrogen-bond acceptors (Lipinski definition) is 6. The first-order valence-electron chi connectivity index (χ1n) is 7.34. The van der Waals surface area contributed by atoms with E-state index >= 15 is 0 Å². The zero-order valence-corrected chi connectivity index (χ0v) is 12.6. The van der Waals surface area contributed by atoms with Crippen LogP contribution in [0.25, 0.3) is 11.4 Å². The van der Waals surface area contributed by atoms with Crippen LogP contribution in [0, 0.1) is 5.82 Å². The average molecular weight is 324 g/mol. The number of hydrogen-bond donors (Lipinski definition) is 1. The van der Waals surface area contributed by atoms with Crippen molar-refractivity contribution >= 4 is 5.82 Å². The summed E-state index contributed by atoms with van der Waals surface area (Å²) in [5, 5.41) is 3.14. The van der Waals surface area contributed by atoms with Gasteiger partial charge in [-0.25, -0.2) is 14.4 Å². The molecule has 0 aliphatic carbocycles. The Bertz CT molecular complexity index is 888. The molecule has 0 saturated heterocycles. The van der Waals surface area contributed by atoms with Crippen LogP contribution in [0.15, 0.2) is 48.9 Å². The van der Waals surface area contributed by atoms with Crippen molar-refractivity contribution in [1.29, 1.82) is 0 Å². The molecule has 0 amide bonds. The van der Waals surface area contributed by atoms with Gasteiger partial charge in [0, 0.05) is 24.5 Å². The molecule has 2 aromatic heterocycles. The number of aromatic nitrogens is 3. The predicted molar refractivity (Wildman–Crippen MR) is 85.1 cm³/mol. The van der Waals surface area contributed by atoms with E-state index in [9.17, 15) is 4.39 Å². The molecule has 0 saturated carbocycles. The molecule has 0 spiro atoms. The summed E-state index contributed by atoms with van der Waals surface area (Å²) in [6, 6.07) is 8.74. The van der Waals surface area contributed by atoms with Gasteiger partial charge in [0.1, 0.15) is 11.6 Å². The van der Waals surface area contributed by atoms with Crippen molar-refractivity contribution in [2.45, 2.75) is 6.54 Å². The van der Waals surface area contributed by atoms with Gasteiger partial charge in [0.15, 0.2) is 17.3 Å². The van der Waals surface area contributed by atoms with Crippen LogP contribution in [-0.2, 0) is 6.54 Å². The molecule has 3 aromatic rings. The average Bonchev–Trinajstić information content (AvgIpc) is 3.08. The molecule has 7 heteroatoms. The SMILES string of the molecule is Fc1cncc(CNc2ccnc(-c3ccc4c(c3)OCO4)n2)c1. The zero-order chi connectivity index (χ0) is 16.4. The van der Waals surface area contributed by atoms with E-state index in [2.05, 4.69) is 20.3 Å². The minimum Gasteiger partial charge on any atom is -0.454 e. The second-order valence-corrected chi connectivity index (χ2v) is 5.20. The van der Waals surface area contributed by atoms with Gasteiger partial charge in [0.05, 0.1) is 6.20 Å². The minimum absolute atomic E-state index is 0.225. The topological polar surface area (TPSA) is 69.2 Å². The van der Waals surface area contributed by atoms with Crippen LogP contribution in [-0.4, -0.2) is 21.7 Å². The lowest BCUT2D eigenvalue weighted by atomic mass is 10.2. The lowest BCUT2D eigenvalue weighted by Gasteiger charge is -2.07. The highest BCUT2D eigenvalue weighted by Gasteiger charge is 2.15. The Morgan fingerprint density at radius 3 is 2.92 bits per heavy atom. The second kappa shape index (κ2) is 6.11. The molecule has 24 heavy (non-hydrogen) atoms. The van der Waals surface area contributed by atoms with Gasteiger partial charge >= 0.3 is 0 Å². The Balaban J connectivity index is 1.53. The van der Waals surface area contributed by atoms with Crippen molar-refractivity contribution in [1.82, 2.24) is 15.0 Å². The van der Waals surface area contributed by atoms with Gasteiger partial charge in [-0.1, -0.05) is 0 Å². The summed E-state index contributed by atoms with van der Waals surface area (Å²) in [7, 11) is 0. The number of benzene rings is 1. The van der Waals surface area contributed by atoms with Gasteiger partial charge in [-0.2, -0.15) is 0 Å². The Morgan fingerprint density at radius 2 is 2.00 bits per heavy atom. The lowest BCUT2D eigenvalue weighted by Crippen LogP contribution is -2.03. The van der Waals surface area contributed by atoms with Crippen LogP contribution in [0.3, 0.4) is 0 Å². The fraction of sp³-hybridized carbons (Fsp3) is 0.118. The van der Waals surface area contributed by atoms with E-state index in [4.69, 9.17) is 9.47 Å². The summed E-state index contributed by atoms with van der Waals surface area (Å²) in [5.74, 6) is 2.24. The van der Waals surface area contributed by atoms with Gasteiger partial charge in [-0.15, -0.1) is 0 Å². The molecule has 1 N–H and O–H groups in total. The van der Waals surface area contributed by atoms with Gasteiger partial charge in [0.25, 0.3) is 0 Å². The molecule has 4 rings (SSSR count). The van der Waals surface area contributed by atoms with E-state index in [0.29, 0.717) is 29.7 Å². The van der Waals surface area contributed by atoms with Crippen LogP contribution in [0.5, 0.6) is 11.5 Å². The van der Waals surface area contributed by atoms with Crippen molar-refractivity contribution in [3.05, 3.63) is 60.3 Å². The predicted octanol–water partition coefficient (Wildman–Crippen LogP) is 3.02. The molecule has 0 radical (unpaired) electrons. The number of pyridine rings is 1. The van der Waals surface area contributed by atoms with Crippen molar-refractivity contribution in [2.75, 3.05) is 12.1 Å². The zero-order valence-electron chi connectivity index (χ0n) is 12.6. The fourth-order valence-corrected chi connectivity index (χ4v) is 2.38. The van der Waals surface area contributed by atoms with E-state index in [-0.39, 0.29) is 12.6 Å². The van der Waals surface area contributed by atoms with E-state index in [1.165, 1.54) is 12.3 Å².